The third-order valence-electron chi connectivity index (χ3n) is 3.25. The Balaban J connectivity index is 2.09. The molecule has 0 atom stereocenters. The van der Waals surface area contributed by atoms with Crippen molar-refractivity contribution in [1.82, 2.24) is 4.57 Å². The maximum absolute atomic E-state index is 8.91. The molecular weight excluding hydrogens is 196 g/mol. The molecule has 0 bridgehead atoms. The zero-order valence-corrected chi connectivity index (χ0v) is 8.98. The Hall–Kier alpha value is -2.01. The van der Waals surface area contributed by atoms with Gasteiger partial charge in [-0.1, -0.05) is 6.07 Å². The van der Waals surface area contributed by atoms with Crippen molar-refractivity contribution < 1.29 is 0 Å². The summed E-state index contributed by atoms with van der Waals surface area (Å²) in [5.74, 6) is 0. The van der Waals surface area contributed by atoms with Crippen molar-refractivity contribution in [2.45, 2.75) is 19.4 Å². The van der Waals surface area contributed by atoms with Gasteiger partial charge in [0.25, 0.3) is 0 Å². The van der Waals surface area contributed by atoms with Gasteiger partial charge in [-0.15, -0.1) is 0 Å². The maximum Gasteiger partial charge on any atom is 0.0991 e. The fourth-order valence-corrected chi connectivity index (χ4v) is 2.37. The maximum atomic E-state index is 8.91. The van der Waals surface area contributed by atoms with E-state index in [9.17, 15) is 0 Å². The van der Waals surface area contributed by atoms with Crippen molar-refractivity contribution in [2.75, 3.05) is 0 Å². The second-order valence-electron chi connectivity index (χ2n) is 4.21. The zero-order chi connectivity index (χ0) is 11.0. The molecule has 1 aliphatic heterocycles. The quantitative estimate of drug-likeness (QED) is 0.654. The molecular formula is C14H12N2. The van der Waals surface area contributed by atoms with E-state index in [0.717, 1.165) is 24.9 Å². The second-order valence-corrected chi connectivity index (χ2v) is 4.21. The molecule has 2 aromatic rings. The summed E-state index contributed by atoms with van der Waals surface area (Å²) in [4.78, 5) is 0. The van der Waals surface area contributed by atoms with E-state index >= 15 is 0 Å². The Labute approximate surface area is 94.8 Å². The van der Waals surface area contributed by atoms with Crippen molar-refractivity contribution >= 4 is 0 Å². The van der Waals surface area contributed by atoms with E-state index in [2.05, 4.69) is 35.0 Å². The summed E-state index contributed by atoms with van der Waals surface area (Å²) in [6.45, 7) is 1.04. The van der Waals surface area contributed by atoms with E-state index in [1.807, 2.05) is 12.1 Å². The van der Waals surface area contributed by atoms with E-state index in [1.165, 1.54) is 16.8 Å². The highest BCUT2D eigenvalue weighted by Crippen LogP contribution is 2.21. The Morgan fingerprint density at radius 3 is 3.00 bits per heavy atom. The van der Waals surface area contributed by atoms with Crippen molar-refractivity contribution in [2.24, 2.45) is 0 Å². The minimum atomic E-state index is 0.763. The van der Waals surface area contributed by atoms with Crippen LogP contribution in [0.15, 0.2) is 36.5 Å². The summed E-state index contributed by atoms with van der Waals surface area (Å²) in [5.41, 5.74) is 4.78. The minimum absolute atomic E-state index is 0.763. The van der Waals surface area contributed by atoms with Crippen LogP contribution in [-0.4, -0.2) is 4.57 Å². The Kier molecular flexibility index (Phi) is 2.04. The van der Waals surface area contributed by atoms with E-state index in [-0.39, 0.29) is 0 Å². The zero-order valence-electron chi connectivity index (χ0n) is 8.98. The summed E-state index contributed by atoms with van der Waals surface area (Å²) in [6.07, 6.45) is 4.13. The Bertz CT molecular complexity index is 573. The van der Waals surface area contributed by atoms with Gasteiger partial charge in [-0.05, 0) is 41.8 Å². The van der Waals surface area contributed by atoms with Crippen LogP contribution < -0.4 is 0 Å². The lowest BCUT2D eigenvalue weighted by Crippen LogP contribution is -1.99. The highest BCUT2D eigenvalue weighted by molar-refractivity contribution is 5.41. The van der Waals surface area contributed by atoms with Gasteiger partial charge in [0.1, 0.15) is 0 Å². The number of nitriles is 1. The van der Waals surface area contributed by atoms with Gasteiger partial charge in [-0.25, -0.2) is 0 Å². The first kappa shape index (κ1) is 9.23. The predicted octanol–water partition coefficient (Wildman–Crippen LogP) is 2.51. The van der Waals surface area contributed by atoms with Gasteiger partial charge in [-0.3, -0.25) is 0 Å². The number of hydrogen-bond donors (Lipinski definition) is 0. The second kappa shape index (κ2) is 3.53. The fourth-order valence-electron chi connectivity index (χ4n) is 2.37. The summed E-state index contributed by atoms with van der Waals surface area (Å²) in [7, 11) is 0. The summed E-state index contributed by atoms with van der Waals surface area (Å²) >= 11 is 0. The van der Waals surface area contributed by atoms with Gasteiger partial charge in [0, 0.05) is 24.9 Å². The normalized spacial score (nSPS) is 13.4. The van der Waals surface area contributed by atoms with Gasteiger partial charge < -0.3 is 4.57 Å². The number of aromatic nitrogens is 1. The molecule has 0 saturated carbocycles. The standard InChI is InChI=1S/C14H12N2/c15-10-11-3-4-12-5-7-16-6-1-2-14(16)9-13(12)8-11/h1-4,6,8H,5,7,9H2. The lowest BCUT2D eigenvalue weighted by atomic mass is 9.99. The first-order chi connectivity index (χ1) is 7.86. The van der Waals surface area contributed by atoms with Crippen LogP contribution in [0.2, 0.25) is 0 Å². The molecule has 0 N–H and O–H groups in total. The molecule has 0 saturated heterocycles. The summed E-state index contributed by atoms with van der Waals surface area (Å²) < 4.78 is 2.30. The van der Waals surface area contributed by atoms with Crippen LogP contribution in [0, 0.1) is 11.3 Å². The lowest BCUT2D eigenvalue weighted by molar-refractivity contribution is 0.690. The number of benzene rings is 1. The first-order valence-corrected chi connectivity index (χ1v) is 5.53. The van der Waals surface area contributed by atoms with Gasteiger partial charge in [0.05, 0.1) is 11.6 Å². The van der Waals surface area contributed by atoms with Crippen LogP contribution in [0.25, 0.3) is 0 Å². The third-order valence-corrected chi connectivity index (χ3v) is 3.25. The van der Waals surface area contributed by atoms with Gasteiger partial charge >= 0.3 is 0 Å². The molecule has 0 aliphatic carbocycles. The number of rotatable bonds is 0. The Morgan fingerprint density at radius 2 is 2.12 bits per heavy atom. The van der Waals surface area contributed by atoms with Gasteiger partial charge in [-0.2, -0.15) is 5.26 Å². The molecule has 2 heteroatoms. The highest BCUT2D eigenvalue weighted by Gasteiger charge is 2.12. The molecule has 0 radical (unpaired) electrons. The van der Waals surface area contributed by atoms with Crippen molar-refractivity contribution in [3.63, 3.8) is 0 Å². The van der Waals surface area contributed by atoms with Crippen LogP contribution in [-0.2, 0) is 19.4 Å². The number of aryl methyl sites for hydroxylation is 2. The molecule has 1 aliphatic rings. The molecule has 0 fully saturated rings. The lowest BCUT2D eigenvalue weighted by Gasteiger charge is -2.04. The molecule has 16 heavy (non-hydrogen) atoms. The molecule has 0 unspecified atom stereocenters. The summed E-state index contributed by atoms with van der Waals surface area (Å²) in [5, 5.41) is 8.91. The predicted molar refractivity (Wildman–Crippen MR) is 62.1 cm³/mol. The molecule has 2 heterocycles. The van der Waals surface area contributed by atoms with Crippen LogP contribution in [0.4, 0.5) is 0 Å². The van der Waals surface area contributed by atoms with E-state index < -0.39 is 0 Å². The number of hydrogen-bond acceptors (Lipinski definition) is 1. The van der Waals surface area contributed by atoms with E-state index in [4.69, 9.17) is 5.26 Å². The SMILES string of the molecule is N#Cc1ccc2c(c1)Cc1cccn1CC2. The van der Waals surface area contributed by atoms with Crippen molar-refractivity contribution in [3.8, 4) is 6.07 Å². The van der Waals surface area contributed by atoms with Crippen LogP contribution in [0.1, 0.15) is 22.4 Å². The molecule has 2 nitrogen and oxygen atoms in total. The van der Waals surface area contributed by atoms with Gasteiger partial charge in [0.2, 0.25) is 0 Å². The monoisotopic (exact) mass is 208 g/mol. The van der Waals surface area contributed by atoms with Crippen LogP contribution >= 0.6 is 0 Å². The minimum Gasteiger partial charge on any atom is -0.351 e. The molecule has 1 aromatic heterocycles. The molecule has 0 spiro atoms. The smallest absolute Gasteiger partial charge is 0.0991 e. The average Bonchev–Trinajstić information content (AvgIpc) is 2.68. The first-order valence-electron chi connectivity index (χ1n) is 5.53. The van der Waals surface area contributed by atoms with Crippen molar-refractivity contribution in [1.29, 1.82) is 5.26 Å². The topological polar surface area (TPSA) is 28.7 Å². The largest absolute Gasteiger partial charge is 0.351 e. The molecule has 0 amide bonds. The van der Waals surface area contributed by atoms with Gasteiger partial charge in [0.15, 0.2) is 0 Å². The molecule has 1 aromatic carbocycles. The van der Waals surface area contributed by atoms with Crippen LogP contribution in [0.5, 0.6) is 0 Å². The number of nitrogens with zero attached hydrogens (tertiary/aromatic N) is 2. The highest BCUT2D eigenvalue weighted by atomic mass is 15.0. The number of fused-ring (bicyclic) bond motifs is 2. The fraction of sp³-hybridized carbons (Fsp3) is 0.214. The Morgan fingerprint density at radius 1 is 1.19 bits per heavy atom. The summed E-state index contributed by atoms with van der Waals surface area (Å²) in [6, 6.07) is 12.5. The van der Waals surface area contributed by atoms with Crippen LogP contribution in [0.3, 0.4) is 0 Å². The molecule has 3 rings (SSSR count). The van der Waals surface area contributed by atoms with Crippen molar-refractivity contribution in [3.05, 3.63) is 58.9 Å². The van der Waals surface area contributed by atoms with E-state index in [1.54, 1.807) is 0 Å². The van der Waals surface area contributed by atoms with E-state index in [0.29, 0.717) is 0 Å². The third kappa shape index (κ3) is 1.42. The molecule has 78 valence electrons. The average molecular weight is 208 g/mol.